The number of aryl methyl sites for hydroxylation is 1. The van der Waals surface area contributed by atoms with Crippen LogP contribution in [-0.4, -0.2) is 10.8 Å². The van der Waals surface area contributed by atoms with Crippen LogP contribution in [0, 0.1) is 17.0 Å². The zero-order chi connectivity index (χ0) is 14.7. The number of benzene rings is 2. The molecule has 0 aromatic heterocycles. The summed E-state index contributed by atoms with van der Waals surface area (Å²) in [5.41, 5.74) is 1.45. The molecule has 0 saturated carbocycles. The molecule has 0 aliphatic carbocycles. The van der Waals surface area contributed by atoms with Crippen LogP contribution in [0.1, 0.15) is 15.9 Å². The summed E-state index contributed by atoms with van der Waals surface area (Å²) in [5, 5.41) is 13.3. The average Bonchev–Trinajstić information content (AvgIpc) is 2.41. The van der Waals surface area contributed by atoms with Gasteiger partial charge in [-0.25, -0.2) is 0 Å². The minimum atomic E-state index is -0.620. The molecule has 0 spiro atoms. The summed E-state index contributed by atoms with van der Waals surface area (Å²) in [4.78, 5) is 22.2. The normalized spacial score (nSPS) is 10.1. The second-order valence-corrected chi connectivity index (χ2v) is 4.59. The van der Waals surface area contributed by atoms with Gasteiger partial charge in [0.15, 0.2) is 0 Å². The minimum Gasteiger partial charge on any atom is -0.322 e. The Kier molecular flexibility index (Phi) is 4.00. The summed E-state index contributed by atoms with van der Waals surface area (Å²) >= 11 is 5.89. The van der Waals surface area contributed by atoms with Crippen molar-refractivity contribution in [3.8, 4) is 0 Å². The average molecular weight is 291 g/mol. The largest absolute Gasteiger partial charge is 0.322 e. The lowest BCUT2D eigenvalue weighted by Gasteiger charge is -2.07. The number of nitrogens with zero attached hydrogens (tertiary/aromatic N) is 1. The smallest absolute Gasteiger partial charge is 0.288 e. The number of halogens is 1. The first-order valence-corrected chi connectivity index (χ1v) is 6.18. The van der Waals surface area contributed by atoms with E-state index in [2.05, 4.69) is 5.32 Å². The molecule has 0 unspecified atom stereocenters. The molecule has 5 nitrogen and oxygen atoms in total. The van der Waals surface area contributed by atoms with Crippen LogP contribution >= 0.6 is 11.6 Å². The van der Waals surface area contributed by atoms with Gasteiger partial charge >= 0.3 is 0 Å². The van der Waals surface area contributed by atoms with Crippen molar-refractivity contribution in [3.05, 3.63) is 68.7 Å². The minimum absolute atomic E-state index is 0.0708. The monoisotopic (exact) mass is 290 g/mol. The van der Waals surface area contributed by atoms with E-state index in [1.807, 2.05) is 19.1 Å². The molecule has 0 fully saturated rings. The van der Waals surface area contributed by atoms with Crippen molar-refractivity contribution < 1.29 is 9.72 Å². The van der Waals surface area contributed by atoms with Crippen LogP contribution in [0.15, 0.2) is 42.5 Å². The number of carbonyl (C=O) groups is 1. The van der Waals surface area contributed by atoms with Crippen LogP contribution in [0.3, 0.4) is 0 Å². The Balaban J connectivity index is 2.28. The lowest BCUT2D eigenvalue weighted by Crippen LogP contribution is -2.13. The van der Waals surface area contributed by atoms with Crippen LogP contribution < -0.4 is 5.32 Å². The van der Waals surface area contributed by atoms with E-state index in [0.29, 0.717) is 5.69 Å². The second-order valence-electron chi connectivity index (χ2n) is 4.22. The molecule has 20 heavy (non-hydrogen) atoms. The maximum Gasteiger partial charge on any atom is 0.288 e. The van der Waals surface area contributed by atoms with Gasteiger partial charge in [0.05, 0.1) is 10.5 Å². The molecule has 2 aromatic carbocycles. The van der Waals surface area contributed by atoms with Crippen LogP contribution in [0.5, 0.6) is 0 Å². The maximum atomic E-state index is 12.1. The zero-order valence-electron chi connectivity index (χ0n) is 10.6. The Hall–Kier alpha value is -2.40. The number of nitrogens with one attached hydrogen (secondary N) is 1. The summed E-state index contributed by atoms with van der Waals surface area (Å²) in [6.45, 7) is 1.93. The number of carbonyl (C=O) groups excluding carboxylic acids is 1. The molecule has 0 bridgehead atoms. The van der Waals surface area contributed by atoms with Gasteiger partial charge in [-0.1, -0.05) is 35.4 Å². The highest BCUT2D eigenvalue weighted by atomic mass is 35.5. The molecule has 1 amide bonds. The topological polar surface area (TPSA) is 72.2 Å². The molecule has 102 valence electrons. The van der Waals surface area contributed by atoms with E-state index in [4.69, 9.17) is 11.6 Å². The van der Waals surface area contributed by atoms with Crippen molar-refractivity contribution in [2.24, 2.45) is 0 Å². The number of amides is 1. The Morgan fingerprint density at radius 3 is 2.45 bits per heavy atom. The first-order chi connectivity index (χ1) is 9.49. The van der Waals surface area contributed by atoms with Crippen LogP contribution in [0.2, 0.25) is 5.02 Å². The highest BCUT2D eigenvalue weighted by Crippen LogP contribution is 2.28. The van der Waals surface area contributed by atoms with Gasteiger partial charge < -0.3 is 5.32 Å². The predicted octanol–water partition coefficient (Wildman–Crippen LogP) is 3.81. The summed E-state index contributed by atoms with van der Waals surface area (Å²) in [5.74, 6) is -0.484. The molecule has 1 N–H and O–H groups in total. The van der Waals surface area contributed by atoms with Gasteiger partial charge in [0.25, 0.3) is 11.6 Å². The third-order valence-electron chi connectivity index (χ3n) is 2.73. The van der Waals surface area contributed by atoms with Crippen LogP contribution in [0.25, 0.3) is 0 Å². The lowest BCUT2D eigenvalue weighted by atomic mass is 10.1. The van der Waals surface area contributed by atoms with Gasteiger partial charge in [-0.2, -0.15) is 0 Å². The van der Waals surface area contributed by atoms with Crippen molar-refractivity contribution in [3.63, 3.8) is 0 Å². The Labute approximate surface area is 120 Å². The summed E-state index contributed by atoms with van der Waals surface area (Å²) in [6, 6.07) is 11.3. The molecule has 0 aliphatic heterocycles. The molecule has 6 heteroatoms. The number of hydrogen-bond donors (Lipinski definition) is 1. The summed E-state index contributed by atoms with van der Waals surface area (Å²) in [7, 11) is 0. The fourth-order valence-electron chi connectivity index (χ4n) is 1.67. The van der Waals surface area contributed by atoms with Gasteiger partial charge in [-0.3, -0.25) is 14.9 Å². The van der Waals surface area contributed by atoms with E-state index in [1.165, 1.54) is 18.2 Å². The van der Waals surface area contributed by atoms with E-state index in [-0.39, 0.29) is 16.3 Å². The maximum absolute atomic E-state index is 12.1. The predicted molar refractivity (Wildman–Crippen MR) is 77.2 cm³/mol. The van der Waals surface area contributed by atoms with E-state index in [9.17, 15) is 14.9 Å². The van der Waals surface area contributed by atoms with Gasteiger partial charge in [0.1, 0.15) is 5.02 Å². The van der Waals surface area contributed by atoms with Crippen LogP contribution in [-0.2, 0) is 0 Å². The number of anilines is 1. The second kappa shape index (κ2) is 5.71. The molecule has 0 radical (unpaired) electrons. The summed E-state index contributed by atoms with van der Waals surface area (Å²) < 4.78 is 0. The fourth-order valence-corrected chi connectivity index (χ4v) is 1.95. The SMILES string of the molecule is Cc1ccc(NC(=O)c2cccc([N+](=O)[O-])c2Cl)cc1. The van der Waals surface area contributed by atoms with E-state index in [1.54, 1.807) is 12.1 Å². The Morgan fingerprint density at radius 2 is 1.85 bits per heavy atom. The summed E-state index contributed by atoms with van der Waals surface area (Å²) in [6.07, 6.45) is 0. The highest BCUT2D eigenvalue weighted by molar-refractivity contribution is 6.36. The first kappa shape index (κ1) is 14.0. The standard InChI is InChI=1S/C14H11ClN2O3/c1-9-5-7-10(8-6-9)16-14(18)11-3-2-4-12(13(11)15)17(19)20/h2-8H,1H3,(H,16,18). The van der Waals surface area contributed by atoms with Crippen molar-refractivity contribution in [2.75, 3.05) is 5.32 Å². The van der Waals surface area contributed by atoms with Crippen molar-refractivity contribution >= 4 is 28.9 Å². The number of hydrogen-bond acceptors (Lipinski definition) is 3. The van der Waals surface area contributed by atoms with Crippen molar-refractivity contribution in [1.82, 2.24) is 0 Å². The Bertz CT molecular complexity index is 669. The molecule has 2 rings (SSSR count). The van der Waals surface area contributed by atoms with Gasteiger partial charge in [-0.15, -0.1) is 0 Å². The highest BCUT2D eigenvalue weighted by Gasteiger charge is 2.19. The molecule has 0 heterocycles. The van der Waals surface area contributed by atoms with Gasteiger partial charge in [-0.05, 0) is 25.1 Å². The van der Waals surface area contributed by atoms with E-state index < -0.39 is 10.8 Å². The molecule has 0 atom stereocenters. The molecule has 2 aromatic rings. The zero-order valence-corrected chi connectivity index (χ0v) is 11.3. The quantitative estimate of drug-likeness (QED) is 0.690. The molecular formula is C14H11ClN2O3. The molecule has 0 aliphatic rings. The van der Waals surface area contributed by atoms with E-state index >= 15 is 0 Å². The number of nitro groups is 1. The van der Waals surface area contributed by atoms with Crippen molar-refractivity contribution in [1.29, 1.82) is 0 Å². The molecular weight excluding hydrogens is 280 g/mol. The van der Waals surface area contributed by atoms with Crippen molar-refractivity contribution in [2.45, 2.75) is 6.92 Å². The van der Waals surface area contributed by atoms with Gasteiger partial charge in [0, 0.05) is 11.8 Å². The first-order valence-electron chi connectivity index (χ1n) is 5.80. The third kappa shape index (κ3) is 2.95. The fraction of sp³-hybridized carbons (Fsp3) is 0.0714. The third-order valence-corrected chi connectivity index (χ3v) is 3.13. The van der Waals surface area contributed by atoms with E-state index in [0.717, 1.165) is 5.56 Å². The lowest BCUT2D eigenvalue weighted by molar-refractivity contribution is -0.384. The van der Waals surface area contributed by atoms with Crippen LogP contribution in [0.4, 0.5) is 11.4 Å². The number of nitro benzene ring substituents is 1. The number of rotatable bonds is 3. The Morgan fingerprint density at radius 1 is 1.20 bits per heavy atom. The molecule has 0 saturated heterocycles. The van der Waals surface area contributed by atoms with Gasteiger partial charge in [0.2, 0.25) is 0 Å².